The van der Waals surface area contributed by atoms with E-state index in [0.717, 1.165) is 29.8 Å². The maximum absolute atomic E-state index is 13.0. The summed E-state index contributed by atoms with van der Waals surface area (Å²) in [5.74, 6) is 0.440. The average molecular weight is 244 g/mol. The normalized spacial score (nSPS) is 14.5. The maximum atomic E-state index is 13.0. The second-order valence-corrected chi connectivity index (χ2v) is 4.17. The molecule has 1 aromatic heterocycles. The zero-order valence-corrected chi connectivity index (χ0v) is 9.82. The van der Waals surface area contributed by atoms with Crippen molar-refractivity contribution in [2.45, 2.75) is 6.54 Å². The zero-order chi connectivity index (χ0) is 12.4. The minimum absolute atomic E-state index is 0.228. The molecule has 0 fully saturated rings. The average Bonchev–Trinajstić information content (AvgIpc) is 2.64. The largest absolute Gasteiger partial charge is 0.476 e. The molecule has 0 amide bonds. The van der Waals surface area contributed by atoms with E-state index in [2.05, 4.69) is 10.3 Å². The molecule has 4 heteroatoms. The highest BCUT2D eigenvalue weighted by Crippen LogP contribution is 2.29. The van der Waals surface area contributed by atoms with Crippen molar-refractivity contribution in [2.75, 3.05) is 13.2 Å². The van der Waals surface area contributed by atoms with Gasteiger partial charge in [-0.2, -0.15) is 0 Å². The van der Waals surface area contributed by atoms with Crippen molar-refractivity contribution >= 4 is 0 Å². The Morgan fingerprint density at radius 2 is 2.00 bits per heavy atom. The lowest BCUT2D eigenvalue weighted by Crippen LogP contribution is -2.16. The number of halogens is 1. The fourth-order valence-corrected chi connectivity index (χ4v) is 2.10. The Morgan fingerprint density at radius 1 is 1.17 bits per heavy atom. The topological polar surface area (TPSA) is 34.2 Å². The number of ether oxygens (including phenoxy) is 1. The van der Waals surface area contributed by atoms with Crippen molar-refractivity contribution in [3.63, 3.8) is 0 Å². The summed E-state index contributed by atoms with van der Waals surface area (Å²) in [6.07, 6.45) is 1.73. The van der Waals surface area contributed by atoms with Gasteiger partial charge >= 0.3 is 0 Å². The Bertz CT molecular complexity index is 554. The number of hydrogen-bond acceptors (Lipinski definition) is 3. The molecule has 1 N–H and O–H groups in total. The van der Waals surface area contributed by atoms with E-state index in [-0.39, 0.29) is 5.82 Å². The van der Waals surface area contributed by atoms with Crippen LogP contribution in [0.15, 0.2) is 36.5 Å². The quantitative estimate of drug-likeness (QED) is 0.836. The van der Waals surface area contributed by atoms with Crippen LogP contribution in [0, 0.1) is 5.82 Å². The van der Waals surface area contributed by atoms with Crippen LogP contribution >= 0.6 is 0 Å². The van der Waals surface area contributed by atoms with Crippen LogP contribution in [0.3, 0.4) is 0 Å². The van der Waals surface area contributed by atoms with Crippen molar-refractivity contribution in [2.24, 2.45) is 0 Å². The van der Waals surface area contributed by atoms with Gasteiger partial charge in [-0.15, -0.1) is 0 Å². The molecular formula is C14H13FN2O. The SMILES string of the molecule is Fc1ccc(-c2ccnc3c2CNCCO3)cc1. The highest BCUT2D eigenvalue weighted by atomic mass is 19.1. The fraction of sp³-hybridized carbons (Fsp3) is 0.214. The second kappa shape index (κ2) is 4.74. The van der Waals surface area contributed by atoms with Crippen LogP contribution < -0.4 is 10.1 Å². The van der Waals surface area contributed by atoms with E-state index in [1.165, 1.54) is 12.1 Å². The molecule has 92 valence electrons. The van der Waals surface area contributed by atoms with E-state index >= 15 is 0 Å². The van der Waals surface area contributed by atoms with Crippen LogP contribution in [0.1, 0.15) is 5.56 Å². The Labute approximate surface area is 105 Å². The van der Waals surface area contributed by atoms with E-state index in [9.17, 15) is 4.39 Å². The number of aromatic nitrogens is 1. The molecule has 1 aliphatic rings. The zero-order valence-electron chi connectivity index (χ0n) is 9.82. The Kier molecular flexibility index (Phi) is 2.94. The minimum Gasteiger partial charge on any atom is -0.476 e. The van der Waals surface area contributed by atoms with Crippen molar-refractivity contribution in [1.82, 2.24) is 10.3 Å². The molecule has 0 aliphatic carbocycles. The van der Waals surface area contributed by atoms with E-state index in [0.29, 0.717) is 12.5 Å². The van der Waals surface area contributed by atoms with Gasteiger partial charge in [-0.05, 0) is 29.3 Å². The monoisotopic (exact) mass is 244 g/mol. The first-order chi connectivity index (χ1) is 8.84. The first kappa shape index (κ1) is 11.2. The van der Waals surface area contributed by atoms with E-state index in [4.69, 9.17) is 4.74 Å². The van der Waals surface area contributed by atoms with Gasteiger partial charge in [-0.1, -0.05) is 12.1 Å². The number of nitrogens with one attached hydrogen (secondary N) is 1. The molecule has 0 atom stereocenters. The minimum atomic E-state index is -0.228. The van der Waals surface area contributed by atoms with Crippen molar-refractivity contribution in [3.8, 4) is 17.0 Å². The molecule has 3 rings (SSSR count). The van der Waals surface area contributed by atoms with Crippen LogP contribution in [-0.2, 0) is 6.54 Å². The lowest BCUT2D eigenvalue weighted by Gasteiger charge is -2.11. The third-order valence-electron chi connectivity index (χ3n) is 2.99. The fourth-order valence-electron chi connectivity index (χ4n) is 2.10. The van der Waals surface area contributed by atoms with Crippen molar-refractivity contribution in [1.29, 1.82) is 0 Å². The molecule has 0 radical (unpaired) electrons. The van der Waals surface area contributed by atoms with Crippen molar-refractivity contribution < 1.29 is 9.13 Å². The van der Waals surface area contributed by atoms with Gasteiger partial charge in [0.1, 0.15) is 12.4 Å². The lowest BCUT2D eigenvalue weighted by molar-refractivity contribution is 0.314. The van der Waals surface area contributed by atoms with Gasteiger partial charge in [0.2, 0.25) is 5.88 Å². The molecule has 0 spiro atoms. The Morgan fingerprint density at radius 3 is 2.83 bits per heavy atom. The lowest BCUT2D eigenvalue weighted by atomic mass is 10.0. The Balaban J connectivity index is 2.09. The van der Waals surface area contributed by atoms with Crippen LogP contribution in [0.25, 0.3) is 11.1 Å². The number of benzene rings is 1. The first-order valence-electron chi connectivity index (χ1n) is 5.92. The third-order valence-corrected chi connectivity index (χ3v) is 2.99. The van der Waals surface area contributed by atoms with Gasteiger partial charge in [0.05, 0.1) is 0 Å². The first-order valence-corrected chi connectivity index (χ1v) is 5.92. The van der Waals surface area contributed by atoms with Gasteiger partial charge in [0, 0.05) is 24.8 Å². The highest BCUT2D eigenvalue weighted by Gasteiger charge is 2.14. The predicted octanol–water partition coefficient (Wildman–Crippen LogP) is 2.37. The summed E-state index contributed by atoms with van der Waals surface area (Å²) >= 11 is 0. The van der Waals surface area contributed by atoms with Crippen LogP contribution in [0.4, 0.5) is 4.39 Å². The van der Waals surface area contributed by atoms with Crippen LogP contribution in [-0.4, -0.2) is 18.1 Å². The van der Waals surface area contributed by atoms with Gasteiger partial charge < -0.3 is 10.1 Å². The predicted molar refractivity (Wildman–Crippen MR) is 66.8 cm³/mol. The van der Waals surface area contributed by atoms with E-state index < -0.39 is 0 Å². The third kappa shape index (κ3) is 2.07. The highest BCUT2D eigenvalue weighted by molar-refractivity contribution is 5.68. The summed E-state index contributed by atoms with van der Waals surface area (Å²) in [6.45, 7) is 2.14. The Hall–Kier alpha value is -1.94. The van der Waals surface area contributed by atoms with Gasteiger partial charge in [-0.25, -0.2) is 9.37 Å². The van der Waals surface area contributed by atoms with Gasteiger partial charge in [0.25, 0.3) is 0 Å². The molecule has 3 nitrogen and oxygen atoms in total. The van der Waals surface area contributed by atoms with Gasteiger partial charge in [0.15, 0.2) is 0 Å². The number of nitrogens with zero attached hydrogens (tertiary/aromatic N) is 1. The maximum Gasteiger partial charge on any atom is 0.218 e. The van der Waals surface area contributed by atoms with Gasteiger partial charge in [-0.3, -0.25) is 0 Å². The molecular weight excluding hydrogens is 231 g/mol. The van der Waals surface area contributed by atoms with E-state index in [1.807, 2.05) is 6.07 Å². The number of fused-ring (bicyclic) bond motifs is 1. The molecule has 2 heterocycles. The van der Waals surface area contributed by atoms with Crippen LogP contribution in [0.5, 0.6) is 5.88 Å². The molecule has 18 heavy (non-hydrogen) atoms. The number of pyridine rings is 1. The standard InChI is InChI=1S/C14H13FN2O/c15-11-3-1-10(2-4-11)12-5-6-17-14-13(12)9-16-7-8-18-14/h1-6,16H,7-9H2. The molecule has 0 saturated carbocycles. The summed E-state index contributed by atoms with van der Waals surface area (Å²) in [5, 5.41) is 3.29. The molecule has 0 unspecified atom stereocenters. The molecule has 0 saturated heterocycles. The second-order valence-electron chi connectivity index (χ2n) is 4.17. The molecule has 2 aromatic rings. The van der Waals surface area contributed by atoms with Crippen LogP contribution in [0.2, 0.25) is 0 Å². The number of rotatable bonds is 1. The summed E-state index contributed by atoms with van der Waals surface area (Å²) in [5.41, 5.74) is 3.04. The van der Waals surface area contributed by atoms with Crippen molar-refractivity contribution in [3.05, 3.63) is 47.9 Å². The summed E-state index contributed by atoms with van der Waals surface area (Å²) in [7, 11) is 0. The molecule has 1 aliphatic heterocycles. The smallest absolute Gasteiger partial charge is 0.218 e. The molecule has 0 bridgehead atoms. The van der Waals surface area contributed by atoms with E-state index in [1.54, 1.807) is 18.3 Å². The summed E-state index contributed by atoms with van der Waals surface area (Å²) in [6, 6.07) is 8.41. The molecule has 1 aromatic carbocycles. The summed E-state index contributed by atoms with van der Waals surface area (Å²) < 4.78 is 18.5. The summed E-state index contributed by atoms with van der Waals surface area (Å²) in [4.78, 5) is 4.25. The number of hydrogen-bond donors (Lipinski definition) is 1.